The molecule has 3 heterocycles. The van der Waals surface area contributed by atoms with E-state index >= 15 is 0 Å². The molecular weight excluding hydrogens is 442 g/mol. The lowest BCUT2D eigenvalue weighted by atomic mass is 10.1. The number of hydrazine groups is 1. The minimum absolute atomic E-state index is 0.0719. The zero-order valence-corrected chi connectivity index (χ0v) is 16.2. The number of β-lactam (4-membered cyclic amide) rings is 1. The molecule has 2 aliphatic heterocycles. The molecule has 0 unspecified atom stereocenters. The number of aromatic nitrogens is 1. The smallest absolute Gasteiger partial charge is 0.339 e. The molecule has 6 N–H and O–H groups in total. The first-order valence-corrected chi connectivity index (χ1v) is 9.86. The van der Waals surface area contributed by atoms with Gasteiger partial charge >= 0.3 is 28.1 Å². The number of hydrogen-bond donors (Lipinski definition) is 5. The van der Waals surface area contributed by atoms with E-state index in [2.05, 4.69) is 4.98 Å². The third kappa shape index (κ3) is 4.03. The lowest BCUT2D eigenvalue weighted by Gasteiger charge is -2.35. The van der Waals surface area contributed by atoms with E-state index in [1.54, 1.807) is 0 Å². The number of piperazine rings is 1. The Morgan fingerprint density at radius 3 is 2.42 bits per heavy atom. The van der Waals surface area contributed by atoms with Crippen molar-refractivity contribution in [1.29, 1.82) is 0 Å². The van der Waals surface area contributed by atoms with Crippen LogP contribution in [0, 0.1) is 0 Å². The summed E-state index contributed by atoms with van der Waals surface area (Å²) in [5, 5.41) is 9.68. The van der Waals surface area contributed by atoms with Gasteiger partial charge in [0.05, 0.1) is 19.6 Å². The molecule has 16 nitrogen and oxygen atoms in total. The van der Waals surface area contributed by atoms with E-state index in [0.29, 0.717) is 9.91 Å². The fourth-order valence-electron chi connectivity index (χ4n) is 2.59. The second-order valence-corrected chi connectivity index (χ2v) is 7.93. The van der Waals surface area contributed by atoms with Crippen molar-refractivity contribution in [2.24, 2.45) is 5.73 Å². The van der Waals surface area contributed by atoms with Gasteiger partial charge in [0.15, 0.2) is 5.75 Å². The number of pyridine rings is 1. The maximum atomic E-state index is 12.3. The Kier molecular flexibility index (Phi) is 5.38. The zero-order chi connectivity index (χ0) is 23.1. The molecule has 0 spiro atoms. The minimum Gasteiger partial charge on any atom is -0.503 e. The number of aromatic hydroxyl groups is 1. The molecule has 0 aliphatic carbocycles. The number of nitrogens with zero attached hydrogens (tertiary/aromatic N) is 3. The van der Waals surface area contributed by atoms with E-state index in [0.717, 1.165) is 12.3 Å². The maximum Gasteiger partial charge on any atom is 0.339 e. The van der Waals surface area contributed by atoms with Crippen molar-refractivity contribution in [2.75, 3.05) is 19.6 Å². The van der Waals surface area contributed by atoms with Crippen molar-refractivity contribution in [1.82, 2.24) is 29.3 Å². The Hall–Kier alpha value is -3.99. The quantitative estimate of drug-likeness (QED) is 0.215. The van der Waals surface area contributed by atoms with Gasteiger partial charge in [-0.1, -0.05) is 0 Å². The Labute approximate surface area is 172 Å². The fourth-order valence-corrected chi connectivity index (χ4v) is 3.65. The van der Waals surface area contributed by atoms with E-state index in [1.807, 2.05) is 5.43 Å². The average molecular weight is 457 g/mol. The number of imide groups is 1. The third-order valence-corrected chi connectivity index (χ3v) is 5.63. The van der Waals surface area contributed by atoms with Crippen molar-refractivity contribution >= 4 is 39.9 Å². The van der Waals surface area contributed by atoms with Gasteiger partial charge in [-0.2, -0.15) is 8.42 Å². The summed E-state index contributed by atoms with van der Waals surface area (Å²) in [7, 11) is -4.83. The van der Waals surface area contributed by atoms with Crippen LogP contribution in [0.25, 0.3) is 0 Å². The average Bonchev–Trinajstić information content (AvgIpc) is 2.70. The largest absolute Gasteiger partial charge is 0.503 e. The molecule has 2 fully saturated rings. The molecule has 31 heavy (non-hydrogen) atoms. The fraction of sp³-hybridized carbons (Fsp3) is 0.286. The molecule has 17 heteroatoms. The summed E-state index contributed by atoms with van der Waals surface area (Å²) in [6, 6.07) is -1.53. The van der Waals surface area contributed by atoms with Crippen LogP contribution in [0.1, 0.15) is 10.5 Å². The highest BCUT2D eigenvalue weighted by atomic mass is 32.2. The topological polar surface area (TPSA) is 232 Å². The van der Waals surface area contributed by atoms with Gasteiger partial charge in [0.25, 0.3) is 5.91 Å². The second-order valence-electron chi connectivity index (χ2n) is 6.34. The van der Waals surface area contributed by atoms with Gasteiger partial charge < -0.3 is 15.8 Å². The van der Waals surface area contributed by atoms with Gasteiger partial charge in [0, 0.05) is 12.3 Å². The highest BCUT2D eigenvalue weighted by Gasteiger charge is 2.44. The number of nitrogens with two attached hydrogens (primary N) is 1. The Morgan fingerprint density at radius 2 is 1.84 bits per heavy atom. The third-order valence-electron chi connectivity index (χ3n) is 4.27. The summed E-state index contributed by atoms with van der Waals surface area (Å²) in [5.41, 5.74) is 6.11. The molecule has 1 aromatic rings. The lowest BCUT2D eigenvalue weighted by molar-refractivity contribution is -0.154. The Morgan fingerprint density at radius 1 is 1.16 bits per heavy atom. The molecule has 1 atom stereocenters. The van der Waals surface area contributed by atoms with Crippen LogP contribution < -0.4 is 21.3 Å². The number of rotatable bonds is 4. The van der Waals surface area contributed by atoms with Crippen molar-refractivity contribution < 1.29 is 37.5 Å². The summed E-state index contributed by atoms with van der Waals surface area (Å²) in [6.45, 7) is -1.33. The summed E-state index contributed by atoms with van der Waals surface area (Å²) in [6.07, 6.45) is 0.840. The monoisotopic (exact) mass is 457 g/mol. The normalized spacial score (nSPS) is 19.2. The molecule has 0 saturated carbocycles. The maximum absolute atomic E-state index is 12.3. The predicted molar refractivity (Wildman–Crippen MR) is 96.8 cm³/mol. The summed E-state index contributed by atoms with van der Waals surface area (Å²) >= 11 is 0. The Balaban J connectivity index is 1.65. The van der Waals surface area contributed by atoms with Crippen molar-refractivity contribution in [3.8, 4) is 5.75 Å². The number of urea groups is 1. The molecule has 0 aromatic carbocycles. The molecule has 3 rings (SSSR count). The van der Waals surface area contributed by atoms with Crippen LogP contribution in [0.3, 0.4) is 0 Å². The molecular formula is C14H15N7O9S. The number of carbonyl (C=O) groups excluding carboxylic acids is 5. The SMILES string of the molecule is N[C@H]1CN(C(=O)NS(=O)(=O)N2CCN(NC(=O)c3cc(=O)c(O)c[nH]3)C(=O)C2=O)C1=O. The van der Waals surface area contributed by atoms with Gasteiger partial charge in [0.2, 0.25) is 11.3 Å². The van der Waals surface area contributed by atoms with Crippen LogP contribution in [0.2, 0.25) is 0 Å². The van der Waals surface area contributed by atoms with Crippen molar-refractivity contribution in [3.63, 3.8) is 0 Å². The first-order chi connectivity index (χ1) is 14.4. The summed E-state index contributed by atoms with van der Waals surface area (Å²) in [4.78, 5) is 74.0. The number of likely N-dealkylation sites (tertiary alicyclic amines) is 1. The van der Waals surface area contributed by atoms with Gasteiger partial charge in [0.1, 0.15) is 11.7 Å². The molecule has 2 saturated heterocycles. The number of nitrogens with one attached hydrogen (secondary N) is 3. The lowest BCUT2D eigenvalue weighted by Crippen LogP contribution is -2.67. The van der Waals surface area contributed by atoms with E-state index in [9.17, 15) is 37.2 Å². The molecule has 0 radical (unpaired) electrons. The minimum atomic E-state index is -4.83. The highest BCUT2D eigenvalue weighted by molar-refractivity contribution is 7.88. The predicted octanol–water partition coefficient (Wildman–Crippen LogP) is -4.48. The first-order valence-electron chi connectivity index (χ1n) is 8.42. The summed E-state index contributed by atoms with van der Waals surface area (Å²) < 4.78 is 26.1. The van der Waals surface area contributed by atoms with Crippen LogP contribution in [-0.2, 0) is 24.6 Å². The van der Waals surface area contributed by atoms with Crippen LogP contribution in [0.5, 0.6) is 5.75 Å². The second kappa shape index (κ2) is 7.69. The number of aromatic amines is 1. The van der Waals surface area contributed by atoms with Crippen LogP contribution >= 0.6 is 0 Å². The molecule has 0 bridgehead atoms. The molecule has 6 amide bonds. The van der Waals surface area contributed by atoms with Gasteiger partial charge in [-0.25, -0.2) is 18.8 Å². The van der Waals surface area contributed by atoms with E-state index in [-0.39, 0.29) is 16.5 Å². The van der Waals surface area contributed by atoms with E-state index in [4.69, 9.17) is 10.8 Å². The van der Waals surface area contributed by atoms with Gasteiger partial charge in [-0.3, -0.25) is 34.3 Å². The highest BCUT2D eigenvalue weighted by Crippen LogP contribution is 2.12. The van der Waals surface area contributed by atoms with E-state index < -0.39 is 70.2 Å². The number of carbonyl (C=O) groups is 5. The van der Waals surface area contributed by atoms with Crippen molar-refractivity contribution in [2.45, 2.75) is 6.04 Å². The summed E-state index contributed by atoms with van der Waals surface area (Å²) in [5.74, 6) is -5.51. The van der Waals surface area contributed by atoms with Gasteiger partial charge in [-0.15, -0.1) is 0 Å². The number of H-pyrrole nitrogens is 1. The molecule has 2 aliphatic rings. The Bertz CT molecular complexity index is 1160. The van der Waals surface area contributed by atoms with Crippen LogP contribution in [0.15, 0.2) is 17.1 Å². The van der Waals surface area contributed by atoms with Gasteiger partial charge in [-0.05, 0) is 0 Å². The number of amides is 6. The zero-order valence-electron chi connectivity index (χ0n) is 15.4. The number of hydrogen-bond acceptors (Lipinski definition) is 10. The first kappa shape index (κ1) is 21.7. The van der Waals surface area contributed by atoms with Crippen molar-refractivity contribution in [3.05, 3.63) is 28.2 Å². The molecule has 166 valence electrons. The van der Waals surface area contributed by atoms with Crippen LogP contribution in [0.4, 0.5) is 4.79 Å². The van der Waals surface area contributed by atoms with Crippen LogP contribution in [-0.4, -0.2) is 88.1 Å². The van der Waals surface area contributed by atoms with E-state index in [1.165, 1.54) is 4.72 Å². The standard InChI is InChI=1S/C14H15N7O9S/c15-6-5-19(11(6)25)14(28)18-31(29,30)21-2-1-20(12(26)13(21)27)17-10(24)7-3-8(22)9(23)4-16-7/h3-4,6,23H,1-2,5,15H2,(H,16,22)(H,17,24)(H,18,28)/t6-/m0/s1. The molecule has 1 aromatic heterocycles.